The summed E-state index contributed by atoms with van der Waals surface area (Å²) in [6, 6.07) is 17.1. The van der Waals surface area contributed by atoms with Gasteiger partial charge in [0.15, 0.2) is 0 Å². The Morgan fingerprint density at radius 3 is 1.72 bits per heavy atom. The van der Waals surface area contributed by atoms with E-state index >= 15 is 0 Å². The first-order valence-corrected chi connectivity index (χ1v) is 12.1. The van der Waals surface area contributed by atoms with Gasteiger partial charge in [-0.25, -0.2) is 0 Å². The Balaban J connectivity index is 0.000000659. The van der Waals surface area contributed by atoms with Gasteiger partial charge in [0, 0.05) is 0 Å². The summed E-state index contributed by atoms with van der Waals surface area (Å²) in [5, 5.41) is 0. The van der Waals surface area contributed by atoms with Crippen molar-refractivity contribution in [2.45, 2.75) is 32.1 Å². The summed E-state index contributed by atoms with van der Waals surface area (Å²) in [5.74, 6) is 0. The van der Waals surface area contributed by atoms with Crippen molar-refractivity contribution in [3.8, 4) is 11.1 Å². The first kappa shape index (κ1) is 17.4. The molecule has 2 rings (SSSR count). The molecule has 0 aliphatic carbocycles. The predicted molar refractivity (Wildman–Crippen MR) is 78.6 cm³/mol. The SMILES string of the molecule is CC.Cc1ccc(-c2ccccc2C)cc1.[CH3][Hg]. The molecule has 0 aliphatic heterocycles. The molecule has 0 fully saturated rings. The quantitative estimate of drug-likeness (QED) is 0.521. The van der Waals surface area contributed by atoms with E-state index in [0.29, 0.717) is 0 Å². The summed E-state index contributed by atoms with van der Waals surface area (Å²) >= 11 is 1.03. The van der Waals surface area contributed by atoms with Gasteiger partial charge in [0.2, 0.25) is 0 Å². The van der Waals surface area contributed by atoms with Gasteiger partial charge in [-0.3, -0.25) is 0 Å². The summed E-state index contributed by atoms with van der Waals surface area (Å²) in [7, 11) is 0. The zero-order chi connectivity index (χ0) is 14.0. The van der Waals surface area contributed by atoms with Crippen molar-refractivity contribution in [3.63, 3.8) is 0 Å². The number of aryl methyl sites for hydroxylation is 2. The Morgan fingerprint density at radius 2 is 1.22 bits per heavy atom. The molecule has 0 N–H and O–H groups in total. The second-order valence-corrected chi connectivity index (χ2v) is 3.68. The van der Waals surface area contributed by atoms with Gasteiger partial charge in [-0.1, -0.05) is 67.9 Å². The van der Waals surface area contributed by atoms with E-state index in [9.17, 15) is 0 Å². The molecule has 0 saturated heterocycles. The standard InChI is InChI=1S/C14H14.C2H6.CH3.Hg/c1-11-7-9-13(10-8-11)14-6-4-3-5-12(14)2;1-2;;/h3-10H,1-2H3;1-2H3;1H3;. The minimum absolute atomic E-state index is 1.03. The number of rotatable bonds is 1. The zero-order valence-corrected chi connectivity index (χ0v) is 17.8. The van der Waals surface area contributed by atoms with Crippen molar-refractivity contribution in [1.82, 2.24) is 0 Å². The average Bonchev–Trinajstić information content (AvgIpc) is 2.45. The third kappa shape index (κ3) is 5.35. The molecule has 0 aromatic heterocycles. The maximum atomic E-state index is 2.19. The number of benzene rings is 2. The molecule has 18 heavy (non-hydrogen) atoms. The Kier molecular flexibility index (Phi) is 9.95. The molecule has 0 heterocycles. The van der Waals surface area contributed by atoms with E-state index in [2.05, 4.69) is 66.8 Å². The van der Waals surface area contributed by atoms with Crippen LogP contribution in [0.4, 0.5) is 0 Å². The topological polar surface area (TPSA) is 0 Å². The third-order valence-corrected chi connectivity index (χ3v) is 2.51. The van der Waals surface area contributed by atoms with Crippen LogP contribution in [-0.4, -0.2) is 0 Å². The van der Waals surface area contributed by atoms with E-state index in [4.69, 9.17) is 0 Å². The molecule has 0 amide bonds. The molecule has 0 unspecified atom stereocenters. The summed E-state index contributed by atoms with van der Waals surface area (Å²) < 4.78 is 2.19. The Labute approximate surface area is 128 Å². The third-order valence-electron chi connectivity index (χ3n) is 2.51. The molecule has 0 nitrogen and oxygen atoms in total. The summed E-state index contributed by atoms with van der Waals surface area (Å²) in [6.45, 7) is 8.26. The van der Waals surface area contributed by atoms with Crippen LogP contribution in [0.3, 0.4) is 0 Å². The van der Waals surface area contributed by atoms with Gasteiger partial charge in [-0.15, -0.1) is 0 Å². The predicted octanol–water partition coefficient (Wildman–Crippen LogP) is 5.58. The van der Waals surface area contributed by atoms with Gasteiger partial charge in [0.25, 0.3) is 0 Å². The van der Waals surface area contributed by atoms with Crippen LogP contribution in [0.5, 0.6) is 0 Å². The fraction of sp³-hybridized carbons (Fsp3) is 0.294. The van der Waals surface area contributed by atoms with Gasteiger partial charge in [0.1, 0.15) is 0 Å². The minimum atomic E-state index is 1.03. The average molecular weight is 428 g/mol. The molecule has 0 bridgehead atoms. The molecule has 2 aromatic rings. The molecule has 1 heteroatoms. The normalized spacial score (nSPS) is 8.61. The van der Waals surface area contributed by atoms with E-state index < -0.39 is 0 Å². The Bertz CT molecular complexity index is 430. The van der Waals surface area contributed by atoms with Crippen molar-refractivity contribution in [2.75, 3.05) is 0 Å². The first-order chi connectivity index (χ1) is 8.77. The van der Waals surface area contributed by atoms with Gasteiger partial charge in [0.05, 0.1) is 0 Å². The van der Waals surface area contributed by atoms with E-state index in [1.165, 1.54) is 22.3 Å². The van der Waals surface area contributed by atoms with Crippen LogP contribution in [-0.2, 0) is 26.1 Å². The van der Waals surface area contributed by atoms with Crippen molar-refractivity contribution in [3.05, 3.63) is 59.7 Å². The van der Waals surface area contributed by atoms with Crippen LogP contribution in [0, 0.1) is 13.8 Å². The molecule has 0 saturated carbocycles. The number of hydrogen-bond acceptors (Lipinski definition) is 0. The summed E-state index contributed by atoms with van der Waals surface area (Å²) in [5.41, 5.74) is 5.26. The molecule has 0 radical (unpaired) electrons. The molecular formula is C17H23Hg. The van der Waals surface area contributed by atoms with Crippen LogP contribution >= 0.6 is 0 Å². The molecule has 2 aromatic carbocycles. The Hall–Kier alpha value is -0.625. The van der Waals surface area contributed by atoms with Crippen molar-refractivity contribution < 1.29 is 26.1 Å². The molecular weight excluding hydrogens is 405 g/mol. The van der Waals surface area contributed by atoms with Crippen LogP contribution in [0.2, 0.25) is 4.43 Å². The molecule has 0 aliphatic rings. The molecule has 93 valence electrons. The van der Waals surface area contributed by atoms with E-state index in [1.807, 2.05) is 13.8 Å². The van der Waals surface area contributed by atoms with Crippen molar-refractivity contribution in [1.29, 1.82) is 0 Å². The van der Waals surface area contributed by atoms with E-state index in [0.717, 1.165) is 26.1 Å². The number of hydrogen-bond donors (Lipinski definition) is 0. The fourth-order valence-electron chi connectivity index (χ4n) is 1.63. The summed E-state index contributed by atoms with van der Waals surface area (Å²) in [6.07, 6.45) is 0. The van der Waals surface area contributed by atoms with Gasteiger partial charge < -0.3 is 0 Å². The second kappa shape index (κ2) is 10.3. The van der Waals surface area contributed by atoms with Crippen molar-refractivity contribution in [2.24, 2.45) is 0 Å². The van der Waals surface area contributed by atoms with Gasteiger partial charge in [-0.2, -0.15) is 0 Å². The van der Waals surface area contributed by atoms with Crippen LogP contribution in [0.15, 0.2) is 48.5 Å². The first-order valence-electron chi connectivity index (χ1n) is 6.61. The molecule has 0 atom stereocenters. The van der Waals surface area contributed by atoms with E-state index in [-0.39, 0.29) is 0 Å². The van der Waals surface area contributed by atoms with Crippen LogP contribution < -0.4 is 0 Å². The maximum absolute atomic E-state index is 2.19. The Morgan fingerprint density at radius 1 is 0.722 bits per heavy atom. The zero-order valence-electron chi connectivity index (χ0n) is 12.3. The van der Waals surface area contributed by atoms with Gasteiger partial charge in [-0.05, 0) is 30.5 Å². The fourth-order valence-corrected chi connectivity index (χ4v) is 1.63. The second-order valence-electron chi connectivity index (χ2n) is 3.68. The molecule has 0 spiro atoms. The van der Waals surface area contributed by atoms with Gasteiger partial charge >= 0.3 is 30.6 Å². The van der Waals surface area contributed by atoms with Crippen LogP contribution in [0.25, 0.3) is 11.1 Å². The van der Waals surface area contributed by atoms with E-state index in [1.54, 1.807) is 0 Å². The summed E-state index contributed by atoms with van der Waals surface area (Å²) in [4.78, 5) is 0. The monoisotopic (exact) mass is 429 g/mol. The van der Waals surface area contributed by atoms with Crippen molar-refractivity contribution >= 4 is 0 Å². The van der Waals surface area contributed by atoms with Crippen LogP contribution in [0.1, 0.15) is 25.0 Å².